The summed E-state index contributed by atoms with van der Waals surface area (Å²) in [5.74, 6) is 0.914. The molecule has 1 spiro atoms. The van der Waals surface area contributed by atoms with Crippen LogP contribution >= 0.6 is 0 Å². The summed E-state index contributed by atoms with van der Waals surface area (Å²) in [5.41, 5.74) is 10.1. The lowest BCUT2D eigenvalue weighted by Crippen LogP contribution is -2.54. The fraction of sp³-hybridized carbons (Fsp3) is 0.471. The summed E-state index contributed by atoms with van der Waals surface area (Å²) in [6.07, 6.45) is 8.16. The van der Waals surface area contributed by atoms with Gasteiger partial charge in [-0.1, -0.05) is 12.1 Å². The molecular formula is C34H41N7O3. The zero-order chi connectivity index (χ0) is 30.3. The predicted octanol–water partition coefficient (Wildman–Crippen LogP) is 4.60. The van der Waals surface area contributed by atoms with Crippen molar-refractivity contribution < 1.29 is 14.3 Å². The molecule has 2 aromatic carbocycles. The molecule has 2 atom stereocenters. The molecule has 4 aliphatic rings. The number of carbonyl (C=O) groups excluding carboxylic acids is 2. The summed E-state index contributed by atoms with van der Waals surface area (Å²) >= 11 is 0. The molecule has 10 heteroatoms. The third-order valence-corrected chi connectivity index (χ3v) is 9.95. The fourth-order valence-electron chi connectivity index (χ4n) is 6.83. The summed E-state index contributed by atoms with van der Waals surface area (Å²) in [6.45, 7) is 6.70. The number of amides is 2. The van der Waals surface area contributed by atoms with Gasteiger partial charge in [0.1, 0.15) is 5.82 Å². The number of anilines is 4. The first-order valence-electron chi connectivity index (χ1n) is 15.9. The van der Waals surface area contributed by atoms with Crippen LogP contribution in [0.3, 0.4) is 0 Å². The second-order valence-corrected chi connectivity index (χ2v) is 13.0. The number of aromatic nitrogens is 2. The van der Waals surface area contributed by atoms with E-state index in [9.17, 15) is 9.59 Å². The molecule has 4 heterocycles. The molecule has 1 saturated carbocycles. The molecule has 4 fully saturated rings. The van der Waals surface area contributed by atoms with Crippen LogP contribution in [0.25, 0.3) is 0 Å². The SMILES string of the molecule is C[C@@H]1[C@H](NC(=O)c2ccc(C3CC3)cc2)CCCN1c1cnc(C(N)=O)c(Nc2ccc(N3CCC4(CC3)COC4)cc2)n1. The van der Waals surface area contributed by atoms with Crippen LogP contribution in [-0.2, 0) is 4.74 Å². The van der Waals surface area contributed by atoms with Crippen LogP contribution in [0.4, 0.5) is 23.0 Å². The van der Waals surface area contributed by atoms with Gasteiger partial charge in [0, 0.05) is 54.1 Å². The minimum Gasteiger partial charge on any atom is -0.380 e. The zero-order valence-electron chi connectivity index (χ0n) is 25.3. The van der Waals surface area contributed by atoms with Crippen LogP contribution in [-0.4, -0.2) is 66.7 Å². The van der Waals surface area contributed by atoms with Crippen LogP contribution in [0.2, 0.25) is 0 Å². The number of carbonyl (C=O) groups is 2. The average molecular weight is 596 g/mol. The van der Waals surface area contributed by atoms with E-state index in [1.807, 2.05) is 24.3 Å². The molecule has 1 aromatic heterocycles. The van der Waals surface area contributed by atoms with Crippen LogP contribution in [0.5, 0.6) is 0 Å². The van der Waals surface area contributed by atoms with E-state index in [1.165, 1.54) is 24.1 Å². The van der Waals surface area contributed by atoms with Crippen LogP contribution < -0.4 is 26.2 Å². The molecule has 3 aromatic rings. The van der Waals surface area contributed by atoms with E-state index in [1.54, 1.807) is 6.20 Å². The number of ether oxygens (including phenoxy) is 1. The second kappa shape index (κ2) is 11.7. The number of nitrogens with two attached hydrogens (primary N) is 1. The first-order chi connectivity index (χ1) is 21.4. The van der Waals surface area contributed by atoms with Crippen molar-refractivity contribution in [1.29, 1.82) is 0 Å². The fourth-order valence-corrected chi connectivity index (χ4v) is 6.83. The third kappa shape index (κ3) is 5.83. The standard InChI is InChI=1S/C34H41N7O3/c1-22-28(38-33(43)25-8-6-24(7-9-25)23-4-5-23)3-2-16-41(22)29-19-36-30(31(35)42)32(39-29)37-26-10-12-27(13-11-26)40-17-14-34(15-18-40)20-44-21-34/h6-13,19,22-23,28H,2-5,14-18,20-21H2,1H3,(H2,35,42)(H,37,39)(H,38,43)/t22-,28-/m1/s1. The lowest BCUT2D eigenvalue weighted by Gasteiger charge is -2.47. The molecule has 7 rings (SSSR count). The Morgan fingerprint density at radius 3 is 2.34 bits per heavy atom. The van der Waals surface area contributed by atoms with Gasteiger partial charge in [-0.25, -0.2) is 9.97 Å². The number of rotatable bonds is 8. The summed E-state index contributed by atoms with van der Waals surface area (Å²) in [4.78, 5) is 39.2. The van der Waals surface area contributed by atoms with Gasteiger partial charge in [0.05, 0.1) is 19.4 Å². The maximum atomic E-state index is 13.1. The number of nitrogens with one attached hydrogen (secondary N) is 2. The van der Waals surface area contributed by atoms with Gasteiger partial charge >= 0.3 is 0 Å². The molecule has 2 amide bonds. The Morgan fingerprint density at radius 2 is 1.70 bits per heavy atom. The number of primary amides is 1. The van der Waals surface area contributed by atoms with Crippen LogP contribution in [0, 0.1) is 5.41 Å². The van der Waals surface area contributed by atoms with Gasteiger partial charge < -0.3 is 30.9 Å². The monoisotopic (exact) mass is 595 g/mol. The molecule has 0 radical (unpaired) electrons. The third-order valence-electron chi connectivity index (χ3n) is 9.95. The molecule has 230 valence electrons. The predicted molar refractivity (Wildman–Crippen MR) is 171 cm³/mol. The minimum absolute atomic E-state index is 0.0190. The Kier molecular flexibility index (Phi) is 7.62. The summed E-state index contributed by atoms with van der Waals surface area (Å²) in [5, 5.41) is 6.53. The smallest absolute Gasteiger partial charge is 0.271 e. The molecular weight excluding hydrogens is 554 g/mol. The Balaban J connectivity index is 1.03. The first kappa shape index (κ1) is 28.6. The highest BCUT2D eigenvalue weighted by molar-refractivity contribution is 5.96. The van der Waals surface area contributed by atoms with Gasteiger partial charge in [0.2, 0.25) is 0 Å². The highest BCUT2D eigenvalue weighted by Gasteiger charge is 2.41. The highest BCUT2D eigenvalue weighted by atomic mass is 16.5. The van der Waals surface area contributed by atoms with E-state index in [0.29, 0.717) is 28.5 Å². The van der Waals surface area contributed by atoms with Gasteiger partial charge in [-0.3, -0.25) is 9.59 Å². The van der Waals surface area contributed by atoms with E-state index < -0.39 is 5.91 Å². The zero-order valence-corrected chi connectivity index (χ0v) is 25.3. The van der Waals surface area contributed by atoms with E-state index in [2.05, 4.69) is 56.6 Å². The topological polar surface area (TPSA) is 126 Å². The van der Waals surface area contributed by atoms with Gasteiger partial charge in [-0.05, 0) is 93.3 Å². The maximum Gasteiger partial charge on any atom is 0.271 e. The van der Waals surface area contributed by atoms with Crippen molar-refractivity contribution in [2.24, 2.45) is 11.1 Å². The summed E-state index contributed by atoms with van der Waals surface area (Å²) in [7, 11) is 0. The number of benzene rings is 2. The lowest BCUT2D eigenvalue weighted by atomic mass is 9.77. The van der Waals surface area contributed by atoms with E-state index in [4.69, 9.17) is 15.5 Å². The van der Waals surface area contributed by atoms with Crippen molar-refractivity contribution in [3.63, 3.8) is 0 Å². The molecule has 44 heavy (non-hydrogen) atoms. The van der Waals surface area contributed by atoms with Crippen molar-refractivity contribution in [3.8, 4) is 0 Å². The van der Waals surface area contributed by atoms with Gasteiger partial charge in [0.25, 0.3) is 11.8 Å². The van der Waals surface area contributed by atoms with E-state index in [-0.39, 0.29) is 23.7 Å². The number of hydrogen-bond donors (Lipinski definition) is 3. The molecule has 0 bridgehead atoms. The molecule has 0 unspecified atom stereocenters. The van der Waals surface area contributed by atoms with Crippen molar-refractivity contribution in [1.82, 2.24) is 15.3 Å². The Labute approximate surface area is 258 Å². The summed E-state index contributed by atoms with van der Waals surface area (Å²) < 4.78 is 5.47. The molecule has 3 aliphatic heterocycles. The normalized spacial score (nSPS) is 22.8. The molecule has 1 aliphatic carbocycles. The van der Waals surface area contributed by atoms with Gasteiger partial charge in [0.15, 0.2) is 11.5 Å². The molecule has 10 nitrogen and oxygen atoms in total. The Bertz CT molecular complexity index is 1510. The summed E-state index contributed by atoms with van der Waals surface area (Å²) in [6, 6.07) is 16.1. The maximum absolute atomic E-state index is 13.1. The van der Waals surface area contributed by atoms with E-state index >= 15 is 0 Å². The second-order valence-electron chi connectivity index (χ2n) is 13.0. The molecule has 4 N–H and O–H groups in total. The van der Waals surface area contributed by atoms with E-state index in [0.717, 1.165) is 64.2 Å². The number of hydrogen-bond acceptors (Lipinski definition) is 8. The van der Waals surface area contributed by atoms with Crippen LogP contribution in [0.1, 0.15) is 77.8 Å². The van der Waals surface area contributed by atoms with Crippen molar-refractivity contribution >= 4 is 34.8 Å². The first-order valence-corrected chi connectivity index (χ1v) is 15.9. The Hall–Kier alpha value is -4.18. The van der Waals surface area contributed by atoms with Gasteiger partial charge in [-0.2, -0.15) is 0 Å². The van der Waals surface area contributed by atoms with Gasteiger partial charge in [-0.15, -0.1) is 0 Å². The quantitative estimate of drug-likeness (QED) is 0.345. The van der Waals surface area contributed by atoms with Crippen molar-refractivity contribution in [2.75, 3.05) is 48.0 Å². The number of piperidine rings is 2. The average Bonchev–Trinajstić information content (AvgIpc) is 3.88. The van der Waals surface area contributed by atoms with Crippen molar-refractivity contribution in [2.45, 2.75) is 63.5 Å². The minimum atomic E-state index is -0.644. The Morgan fingerprint density at radius 1 is 0.977 bits per heavy atom. The van der Waals surface area contributed by atoms with Crippen molar-refractivity contribution in [3.05, 3.63) is 71.5 Å². The molecule has 3 saturated heterocycles. The largest absolute Gasteiger partial charge is 0.380 e. The lowest BCUT2D eigenvalue weighted by molar-refractivity contribution is -0.124. The highest BCUT2D eigenvalue weighted by Crippen LogP contribution is 2.40. The van der Waals surface area contributed by atoms with Crippen LogP contribution in [0.15, 0.2) is 54.7 Å². The number of nitrogens with zero attached hydrogens (tertiary/aromatic N) is 4.